The molecule has 4 rings (SSSR count). The fourth-order valence-corrected chi connectivity index (χ4v) is 3.57. The molecule has 0 saturated carbocycles. The van der Waals surface area contributed by atoms with E-state index in [4.69, 9.17) is 20.8 Å². The van der Waals surface area contributed by atoms with Crippen molar-refractivity contribution in [3.63, 3.8) is 0 Å². The summed E-state index contributed by atoms with van der Waals surface area (Å²) in [5, 5.41) is 18.3. The minimum Gasteiger partial charge on any atom is -0.420 e. The summed E-state index contributed by atoms with van der Waals surface area (Å²) in [6.45, 7) is 1.17. The fourth-order valence-electron chi connectivity index (χ4n) is 2.64. The van der Waals surface area contributed by atoms with Crippen molar-refractivity contribution in [3.8, 4) is 22.8 Å². The number of aromatic nitrogens is 6. The number of methoxy groups -OCH3 is 1. The van der Waals surface area contributed by atoms with Crippen LogP contribution in [0.3, 0.4) is 0 Å². The summed E-state index contributed by atoms with van der Waals surface area (Å²) in [6.07, 6.45) is 3.46. The monoisotopic (exact) mass is 428 g/mol. The third-order valence-corrected chi connectivity index (χ3v) is 5.26. The molecule has 8 nitrogen and oxygen atoms in total. The maximum absolute atomic E-state index is 5.92. The lowest BCUT2D eigenvalue weighted by Crippen LogP contribution is -2.07. The van der Waals surface area contributed by atoms with Gasteiger partial charge >= 0.3 is 0 Å². The van der Waals surface area contributed by atoms with Gasteiger partial charge in [0.05, 0.1) is 18.9 Å². The van der Waals surface area contributed by atoms with Crippen molar-refractivity contribution in [3.05, 3.63) is 59.7 Å². The number of ether oxygens (including phenoxy) is 1. The van der Waals surface area contributed by atoms with E-state index in [0.29, 0.717) is 35.7 Å². The second-order valence-electron chi connectivity index (χ2n) is 5.98. The second-order valence-corrected chi connectivity index (χ2v) is 7.36. The Bertz CT molecular complexity index is 1070. The van der Waals surface area contributed by atoms with Gasteiger partial charge in [0, 0.05) is 35.7 Å². The molecule has 29 heavy (non-hydrogen) atoms. The van der Waals surface area contributed by atoms with E-state index in [0.717, 1.165) is 22.1 Å². The zero-order valence-electron chi connectivity index (χ0n) is 15.5. The molecule has 3 aromatic heterocycles. The number of hydrogen-bond donors (Lipinski definition) is 0. The summed E-state index contributed by atoms with van der Waals surface area (Å²) in [5.41, 5.74) is 1.76. The molecular weight excluding hydrogens is 412 g/mol. The summed E-state index contributed by atoms with van der Waals surface area (Å²) < 4.78 is 13.0. The number of hydrogen-bond acceptors (Lipinski definition) is 8. The molecule has 0 radical (unpaired) electrons. The molecule has 0 amide bonds. The van der Waals surface area contributed by atoms with Crippen molar-refractivity contribution in [1.29, 1.82) is 0 Å². The Kier molecular flexibility index (Phi) is 6.18. The fraction of sp³-hybridized carbons (Fsp3) is 0.211. The van der Waals surface area contributed by atoms with Crippen molar-refractivity contribution in [2.24, 2.45) is 0 Å². The number of benzene rings is 1. The standard InChI is InChI=1S/C19H17ClN6O2S/c1-27-11-10-26-17(13-6-8-21-9-7-13)23-25-19(26)29-12-16-22-24-18(28-16)14-2-4-15(20)5-3-14/h2-9H,10-12H2,1H3. The Hall–Kier alpha value is -2.75. The molecule has 0 aliphatic heterocycles. The summed E-state index contributed by atoms with van der Waals surface area (Å²) in [5.74, 6) is 2.20. The lowest BCUT2D eigenvalue weighted by molar-refractivity contribution is 0.185. The Balaban J connectivity index is 1.51. The van der Waals surface area contributed by atoms with Gasteiger partial charge < -0.3 is 9.15 Å². The Morgan fingerprint density at radius 1 is 1.00 bits per heavy atom. The minimum atomic E-state index is 0.454. The third kappa shape index (κ3) is 4.64. The molecule has 4 aromatic rings. The van der Waals surface area contributed by atoms with Crippen LogP contribution < -0.4 is 0 Å². The van der Waals surface area contributed by atoms with Crippen LogP contribution in [0.25, 0.3) is 22.8 Å². The minimum absolute atomic E-state index is 0.454. The van der Waals surface area contributed by atoms with Crippen LogP contribution >= 0.6 is 23.4 Å². The predicted octanol–water partition coefficient (Wildman–Crippen LogP) is 3.98. The lowest BCUT2D eigenvalue weighted by Gasteiger charge is -2.09. The zero-order valence-corrected chi connectivity index (χ0v) is 17.1. The average Bonchev–Trinajstić information content (AvgIpc) is 3.39. The van der Waals surface area contributed by atoms with Crippen LogP contribution in [-0.2, 0) is 17.0 Å². The molecule has 0 spiro atoms. The maximum Gasteiger partial charge on any atom is 0.247 e. The Morgan fingerprint density at radius 2 is 1.79 bits per heavy atom. The Labute approximate surface area is 176 Å². The highest BCUT2D eigenvalue weighted by Gasteiger charge is 2.16. The van der Waals surface area contributed by atoms with Gasteiger partial charge in [0.15, 0.2) is 11.0 Å². The molecule has 3 heterocycles. The van der Waals surface area contributed by atoms with Crippen molar-refractivity contribution in [2.45, 2.75) is 17.5 Å². The van der Waals surface area contributed by atoms with E-state index in [1.54, 1.807) is 31.6 Å². The topological polar surface area (TPSA) is 91.8 Å². The quantitative estimate of drug-likeness (QED) is 0.389. The number of rotatable bonds is 8. The van der Waals surface area contributed by atoms with Gasteiger partial charge in [-0.3, -0.25) is 9.55 Å². The van der Waals surface area contributed by atoms with E-state index in [9.17, 15) is 0 Å². The van der Waals surface area contributed by atoms with Crippen LogP contribution in [0.4, 0.5) is 0 Å². The van der Waals surface area contributed by atoms with Gasteiger partial charge in [-0.25, -0.2) is 0 Å². The van der Waals surface area contributed by atoms with Crippen molar-refractivity contribution in [2.75, 3.05) is 13.7 Å². The van der Waals surface area contributed by atoms with Gasteiger partial charge in [0.1, 0.15) is 0 Å². The number of halogens is 1. The first-order valence-corrected chi connectivity index (χ1v) is 10.1. The van der Waals surface area contributed by atoms with Crippen LogP contribution in [-0.4, -0.2) is 43.7 Å². The number of thioether (sulfide) groups is 1. The summed E-state index contributed by atoms with van der Waals surface area (Å²) in [7, 11) is 1.67. The molecule has 1 aromatic carbocycles. The van der Waals surface area contributed by atoms with Crippen LogP contribution in [0.1, 0.15) is 5.89 Å². The van der Waals surface area contributed by atoms with E-state index in [1.807, 2.05) is 28.8 Å². The maximum atomic E-state index is 5.92. The SMILES string of the molecule is COCCn1c(SCc2nnc(-c3ccc(Cl)cc3)o2)nnc1-c1ccncc1. The molecular formula is C19H17ClN6O2S. The molecule has 0 unspecified atom stereocenters. The number of nitrogens with zero attached hydrogens (tertiary/aromatic N) is 6. The van der Waals surface area contributed by atoms with Crippen LogP contribution in [0.2, 0.25) is 5.02 Å². The Morgan fingerprint density at radius 3 is 2.55 bits per heavy atom. The predicted molar refractivity (Wildman–Crippen MR) is 109 cm³/mol. The van der Waals surface area contributed by atoms with E-state index in [2.05, 4.69) is 25.4 Å². The summed E-state index contributed by atoms with van der Waals surface area (Å²) in [6, 6.07) is 11.1. The van der Waals surface area contributed by atoms with Crippen LogP contribution in [0.5, 0.6) is 0 Å². The van der Waals surface area contributed by atoms with Crippen molar-refractivity contribution in [1.82, 2.24) is 29.9 Å². The highest BCUT2D eigenvalue weighted by atomic mass is 35.5. The first-order chi connectivity index (χ1) is 14.2. The largest absolute Gasteiger partial charge is 0.420 e. The zero-order chi connectivity index (χ0) is 20.1. The van der Waals surface area contributed by atoms with E-state index in [-0.39, 0.29) is 0 Å². The highest BCUT2D eigenvalue weighted by molar-refractivity contribution is 7.98. The summed E-state index contributed by atoms with van der Waals surface area (Å²) in [4.78, 5) is 4.06. The van der Waals surface area contributed by atoms with Gasteiger partial charge in [0.2, 0.25) is 11.8 Å². The normalized spacial score (nSPS) is 11.1. The third-order valence-electron chi connectivity index (χ3n) is 4.06. The molecule has 0 aliphatic carbocycles. The van der Waals surface area contributed by atoms with Crippen molar-refractivity contribution >= 4 is 23.4 Å². The van der Waals surface area contributed by atoms with Gasteiger partial charge in [-0.2, -0.15) is 0 Å². The summed E-state index contributed by atoms with van der Waals surface area (Å²) >= 11 is 7.40. The highest BCUT2D eigenvalue weighted by Crippen LogP contribution is 2.27. The average molecular weight is 429 g/mol. The molecule has 0 atom stereocenters. The second kappa shape index (κ2) is 9.17. The van der Waals surface area contributed by atoms with Gasteiger partial charge in [0.25, 0.3) is 0 Å². The van der Waals surface area contributed by atoms with Gasteiger partial charge in [-0.15, -0.1) is 20.4 Å². The van der Waals surface area contributed by atoms with Gasteiger partial charge in [-0.05, 0) is 36.4 Å². The molecule has 0 fully saturated rings. The van der Waals surface area contributed by atoms with Gasteiger partial charge in [-0.1, -0.05) is 23.4 Å². The smallest absolute Gasteiger partial charge is 0.247 e. The van der Waals surface area contributed by atoms with E-state index < -0.39 is 0 Å². The number of pyridine rings is 1. The van der Waals surface area contributed by atoms with E-state index >= 15 is 0 Å². The first-order valence-electron chi connectivity index (χ1n) is 8.78. The molecule has 0 N–H and O–H groups in total. The molecule has 0 aliphatic rings. The molecule has 10 heteroatoms. The molecule has 0 bridgehead atoms. The first kappa shape index (κ1) is 19.6. The molecule has 0 saturated heterocycles. The molecule has 148 valence electrons. The van der Waals surface area contributed by atoms with Crippen LogP contribution in [0.15, 0.2) is 58.4 Å². The lowest BCUT2D eigenvalue weighted by atomic mass is 10.2. The van der Waals surface area contributed by atoms with E-state index in [1.165, 1.54) is 11.8 Å². The van der Waals surface area contributed by atoms with Crippen LogP contribution in [0, 0.1) is 0 Å². The van der Waals surface area contributed by atoms with Crippen molar-refractivity contribution < 1.29 is 9.15 Å².